The van der Waals surface area contributed by atoms with Crippen LogP contribution in [0, 0.1) is 0 Å². The van der Waals surface area contributed by atoms with Crippen LogP contribution in [-0.4, -0.2) is 64.4 Å². The van der Waals surface area contributed by atoms with Gasteiger partial charge in [-0.05, 0) is 18.9 Å². The highest BCUT2D eigenvalue weighted by molar-refractivity contribution is 5.73. The lowest BCUT2D eigenvalue weighted by Crippen LogP contribution is -2.37. The summed E-state index contributed by atoms with van der Waals surface area (Å²) in [5.41, 5.74) is 3.67. The molecule has 0 atom stereocenters. The summed E-state index contributed by atoms with van der Waals surface area (Å²) in [6.07, 6.45) is 6.74. The summed E-state index contributed by atoms with van der Waals surface area (Å²) >= 11 is 0. The Hall–Kier alpha value is -2.54. The maximum atomic E-state index is 11.5. The largest absolute Gasteiger partial charge is 0.362 e. The molecule has 2 aromatic rings. The van der Waals surface area contributed by atoms with Crippen molar-refractivity contribution in [1.82, 2.24) is 24.8 Å². The van der Waals surface area contributed by atoms with Crippen LogP contribution < -0.4 is 4.90 Å². The molecule has 154 valence electrons. The van der Waals surface area contributed by atoms with Crippen LogP contribution in [0.15, 0.2) is 24.5 Å². The lowest BCUT2D eigenvalue weighted by atomic mass is 9.95. The molecule has 4 rings (SSSR count). The van der Waals surface area contributed by atoms with Crippen LogP contribution in [-0.2, 0) is 24.3 Å². The van der Waals surface area contributed by atoms with Crippen LogP contribution in [0.1, 0.15) is 48.3 Å². The number of likely N-dealkylation sites (tertiary alicyclic amines) is 1. The van der Waals surface area contributed by atoms with Crippen molar-refractivity contribution in [2.24, 2.45) is 0 Å². The third-order valence-electron chi connectivity index (χ3n) is 6.02. The molecule has 4 heterocycles. The Kier molecular flexibility index (Phi) is 5.76. The standard InChI is InChI=1S/C22H30N6O/c1-16(29)28-11-6-17(7-12-28)21-24-13-19-15-27(10-8-20(19)25-21)14-18-5-4-9-23-22(18)26(2)3/h4-5,9,13,17H,6-8,10-12,14-15H2,1-3H3. The molecule has 1 amide bonds. The van der Waals surface area contributed by atoms with E-state index in [1.54, 1.807) is 6.92 Å². The van der Waals surface area contributed by atoms with E-state index in [-0.39, 0.29) is 5.91 Å². The van der Waals surface area contributed by atoms with Crippen LogP contribution in [0.25, 0.3) is 0 Å². The second-order valence-electron chi connectivity index (χ2n) is 8.32. The minimum atomic E-state index is 0.168. The number of nitrogens with zero attached hydrogens (tertiary/aromatic N) is 6. The highest BCUT2D eigenvalue weighted by Crippen LogP contribution is 2.28. The molecule has 2 aliphatic heterocycles. The van der Waals surface area contributed by atoms with Gasteiger partial charge in [0, 0.05) is 95.3 Å². The van der Waals surface area contributed by atoms with Gasteiger partial charge in [-0.3, -0.25) is 9.69 Å². The SMILES string of the molecule is CC(=O)N1CCC(c2ncc3c(n2)CCN(Cc2cccnc2N(C)C)C3)CC1. The first-order valence-corrected chi connectivity index (χ1v) is 10.4. The van der Waals surface area contributed by atoms with E-state index in [1.807, 2.05) is 37.5 Å². The molecule has 0 aromatic carbocycles. The van der Waals surface area contributed by atoms with E-state index < -0.39 is 0 Å². The zero-order valence-electron chi connectivity index (χ0n) is 17.6. The molecular formula is C22H30N6O. The molecule has 0 bridgehead atoms. The quantitative estimate of drug-likeness (QED) is 0.792. The molecule has 0 aliphatic carbocycles. The number of amides is 1. The number of fused-ring (bicyclic) bond motifs is 1. The van der Waals surface area contributed by atoms with Gasteiger partial charge in [-0.25, -0.2) is 15.0 Å². The second kappa shape index (κ2) is 8.45. The van der Waals surface area contributed by atoms with Gasteiger partial charge in [-0.1, -0.05) is 6.07 Å². The summed E-state index contributed by atoms with van der Waals surface area (Å²) in [5.74, 6) is 2.53. The predicted octanol–water partition coefficient (Wildman–Crippen LogP) is 2.22. The van der Waals surface area contributed by atoms with Crippen LogP contribution in [0.4, 0.5) is 5.82 Å². The second-order valence-corrected chi connectivity index (χ2v) is 8.32. The average molecular weight is 395 g/mol. The van der Waals surface area contributed by atoms with Crippen molar-refractivity contribution in [2.75, 3.05) is 38.6 Å². The third kappa shape index (κ3) is 4.40. The van der Waals surface area contributed by atoms with E-state index in [9.17, 15) is 4.79 Å². The van der Waals surface area contributed by atoms with Gasteiger partial charge in [0.1, 0.15) is 11.6 Å². The Morgan fingerprint density at radius 2 is 2.00 bits per heavy atom. The minimum absolute atomic E-state index is 0.168. The van der Waals surface area contributed by atoms with Gasteiger partial charge in [0.2, 0.25) is 5.91 Å². The Morgan fingerprint density at radius 1 is 1.21 bits per heavy atom. The topological polar surface area (TPSA) is 65.5 Å². The number of hydrogen-bond donors (Lipinski definition) is 0. The van der Waals surface area contributed by atoms with Crippen molar-refractivity contribution in [2.45, 2.75) is 45.2 Å². The van der Waals surface area contributed by atoms with Gasteiger partial charge in [-0.15, -0.1) is 0 Å². The molecule has 1 fully saturated rings. The summed E-state index contributed by atoms with van der Waals surface area (Å²) in [4.78, 5) is 32.1. The maximum absolute atomic E-state index is 11.5. The monoisotopic (exact) mass is 394 g/mol. The van der Waals surface area contributed by atoms with E-state index in [1.165, 1.54) is 16.8 Å². The summed E-state index contributed by atoms with van der Waals surface area (Å²) in [5, 5.41) is 0. The van der Waals surface area contributed by atoms with Crippen molar-refractivity contribution in [3.63, 3.8) is 0 Å². The van der Waals surface area contributed by atoms with Crippen LogP contribution in [0.2, 0.25) is 0 Å². The van der Waals surface area contributed by atoms with Crippen LogP contribution >= 0.6 is 0 Å². The van der Waals surface area contributed by atoms with E-state index in [0.717, 1.165) is 63.6 Å². The van der Waals surface area contributed by atoms with Crippen molar-refractivity contribution in [1.29, 1.82) is 0 Å². The first-order valence-electron chi connectivity index (χ1n) is 10.4. The van der Waals surface area contributed by atoms with Gasteiger partial charge in [0.25, 0.3) is 0 Å². The Morgan fingerprint density at radius 3 is 2.72 bits per heavy atom. The maximum Gasteiger partial charge on any atom is 0.219 e. The molecule has 2 aliphatic rings. The zero-order valence-corrected chi connectivity index (χ0v) is 17.6. The Balaban J connectivity index is 1.42. The normalized spacial score (nSPS) is 17.8. The fourth-order valence-corrected chi connectivity index (χ4v) is 4.37. The van der Waals surface area contributed by atoms with E-state index in [4.69, 9.17) is 9.97 Å². The van der Waals surface area contributed by atoms with Crippen molar-refractivity contribution in [3.05, 3.63) is 47.2 Å². The molecule has 0 N–H and O–H groups in total. The smallest absolute Gasteiger partial charge is 0.219 e. The fourth-order valence-electron chi connectivity index (χ4n) is 4.37. The molecule has 0 radical (unpaired) electrons. The molecule has 29 heavy (non-hydrogen) atoms. The number of hydrogen-bond acceptors (Lipinski definition) is 6. The van der Waals surface area contributed by atoms with Crippen molar-refractivity contribution in [3.8, 4) is 0 Å². The molecular weight excluding hydrogens is 364 g/mol. The lowest BCUT2D eigenvalue weighted by Gasteiger charge is -2.32. The molecule has 0 spiro atoms. The number of aromatic nitrogens is 3. The van der Waals surface area contributed by atoms with Crippen LogP contribution in [0.3, 0.4) is 0 Å². The minimum Gasteiger partial charge on any atom is -0.362 e. The highest BCUT2D eigenvalue weighted by Gasteiger charge is 2.26. The number of carbonyl (C=O) groups is 1. The Labute approximate surface area is 172 Å². The lowest BCUT2D eigenvalue weighted by molar-refractivity contribution is -0.129. The number of pyridine rings is 1. The molecule has 2 aromatic heterocycles. The first-order chi connectivity index (χ1) is 14.0. The number of anilines is 1. The Bertz CT molecular complexity index is 875. The molecule has 7 nitrogen and oxygen atoms in total. The van der Waals surface area contributed by atoms with Gasteiger partial charge in [0.15, 0.2) is 0 Å². The number of carbonyl (C=O) groups excluding carboxylic acids is 1. The van der Waals surface area contributed by atoms with E-state index >= 15 is 0 Å². The molecule has 1 saturated heterocycles. The van der Waals surface area contributed by atoms with Gasteiger partial charge in [-0.2, -0.15) is 0 Å². The van der Waals surface area contributed by atoms with Gasteiger partial charge < -0.3 is 9.80 Å². The van der Waals surface area contributed by atoms with Crippen molar-refractivity contribution < 1.29 is 4.79 Å². The average Bonchev–Trinajstić information content (AvgIpc) is 2.73. The predicted molar refractivity (Wildman–Crippen MR) is 113 cm³/mol. The molecule has 0 saturated carbocycles. The van der Waals surface area contributed by atoms with Gasteiger partial charge in [0.05, 0.1) is 0 Å². The highest BCUT2D eigenvalue weighted by atomic mass is 16.2. The number of rotatable bonds is 4. The zero-order chi connectivity index (χ0) is 20.4. The summed E-state index contributed by atoms with van der Waals surface area (Å²) in [6, 6.07) is 4.16. The van der Waals surface area contributed by atoms with E-state index in [0.29, 0.717) is 5.92 Å². The van der Waals surface area contributed by atoms with Crippen molar-refractivity contribution >= 4 is 11.7 Å². The third-order valence-corrected chi connectivity index (χ3v) is 6.02. The summed E-state index contributed by atoms with van der Waals surface area (Å²) < 4.78 is 0. The van der Waals surface area contributed by atoms with Gasteiger partial charge >= 0.3 is 0 Å². The fraction of sp³-hybridized carbons (Fsp3) is 0.545. The van der Waals surface area contributed by atoms with Crippen LogP contribution in [0.5, 0.6) is 0 Å². The van der Waals surface area contributed by atoms with E-state index in [2.05, 4.69) is 20.9 Å². The number of piperidine rings is 1. The summed E-state index contributed by atoms with van der Waals surface area (Å²) in [6.45, 7) is 6.02. The molecule has 0 unspecified atom stereocenters. The first kappa shape index (κ1) is 19.8. The molecule has 7 heteroatoms. The summed E-state index contributed by atoms with van der Waals surface area (Å²) in [7, 11) is 4.07.